The molecule has 0 spiro atoms. The molecule has 0 aromatic heterocycles. The van der Waals surface area contributed by atoms with Crippen LogP contribution in [0, 0.1) is 0 Å². The lowest BCUT2D eigenvalue weighted by Gasteiger charge is -2.09. The van der Waals surface area contributed by atoms with Crippen molar-refractivity contribution in [1.29, 1.82) is 0 Å². The zero-order valence-electron chi connectivity index (χ0n) is 17.5. The molecular formula is C26H20BrClN2O3. The van der Waals surface area contributed by atoms with E-state index >= 15 is 0 Å². The molecule has 5 nitrogen and oxygen atoms in total. The number of nitrogens with one attached hydrogen (secondary N) is 1. The van der Waals surface area contributed by atoms with Crippen LogP contribution >= 0.6 is 27.5 Å². The normalized spacial score (nSPS) is 11.0. The highest BCUT2D eigenvalue weighted by molar-refractivity contribution is 9.10. The molecule has 1 amide bonds. The molecule has 0 bridgehead atoms. The van der Waals surface area contributed by atoms with Crippen LogP contribution < -0.4 is 14.9 Å². The topological polar surface area (TPSA) is 59.9 Å². The third-order valence-electron chi connectivity index (χ3n) is 4.77. The van der Waals surface area contributed by atoms with Crippen LogP contribution in [0.4, 0.5) is 0 Å². The van der Waals surface area contributed by atoms with Gasteiger partial charge in [-0.15, -0.1) is 0 Å². The zero-order chi connectivity index (χ0) is 23.0. The lowest BCUT2D eigenvalue weighted by molar-refractivity contribution is -0.123. The van der Waals surface area contributed by atoms with Crippen LogP contribution in [0.5, 0.6) is 11.5 Å². The Morgan fingerprint density at radius 2 is 1.79 bits per heavy atom. The lowest BCUT2D eigenvalue weighted by Crippen LogP contribution is -2.24. The first kappa shape index (κ1) is 22.8. The van der Waals surface area contributed by atoms with Crippen molar-refractivity contribution >= 4 is 50.4 Å². The van der Waals surface area contributed by atoms with Crippen LogP contribution in [-0.2, 0) is 11.4 Å². The highest BCUT2D eigenvalue weighted by Crippen LogP contribution is 2.32. The monoisotopic (exact) mass is 522 g/mol. The van der Waals surface area contributed by atoms with Crippen LogP contribution in [0.25, 0.3) is 10.8 Å². The predicted octanol–water partition coefficient (Wildman–Crippen LogP) is 6.36. The Labute approximate surface area is 205 Å². The van der Waals surface area contributed by atoms with Crippen molar-refractivity contribution in [3.8, 4) is 11.5 Å². The van der Waals surface area contributed by atoms with E-state index < -0.39 is 0 Å². The van der Waals surface area contributed by atoms with Crippen LogP contribution in [-0.4, -0.2) is 18.7 Å². The van der Waals surface area contributed by atoms with Gasteiger partial charge in [0.05, 0.1) is 10.7 Å². The van der Waals surface area contributed by atoms with Gasteiger partial charge in [0.2, 0.25) is 0 Å². The van der Waals surface area contributed by atoms with E-state index in [4.69, 9.17) is 21.1 Å². The zero-order valence-corrected chi connectivity index (χ0v) is 19.8. The van der Waals surface area contributed by atoms with Gasteiger partial charge >= 0.3 is 0 Å². The molecule has 0 saturated carbocycles. The minimum atomic E-state index is -0.360. The van der Waals surface area contributed by atoms with Crippen molar-refractivity contribution in [3.05, 3.63) is 106 Å². The number of carbonyl (C=O) groups is 1. The summed E-state index contributed by atoms with van der Waals surface area (Å²) in [6, 6.07) is 26.6. The van der Waals surface area contributed by atoms with Crippen LogP contribution in [0.2, 0.25) is 5.02 Å². The molecule has 4 aromatic rings. The summed E-state index contributed by atoms with van der Waals surface area (Å²) in [5.41, 5.74) is 4.29. The van der Waals surface area contributed by atoms with Crippen molar-refractivity contribution in [2.75, 3.05) is 6.61 Å². The number of halogens is 2. The second-order valence-corrected chi connectivity index (χ2v) is 8.40. The standard InChI is InChI=1S/C26H20BrClN2O3/c27-26-23-7-2-1-5-20(23)10-13-24(26)33-17-25(31)30-29-15-19-4-3-6-22(14-19)32-16-18-8-11-21(28)12-9-18/h1-15H,16-17H2,(H,30,31)/b29-15+. The first-order valence-electron chi connectivity index (χ1n) is 10.2. The second kappa shape index (κ2) is 11.0. The van der Waals surface area contributed by atoms with Crippen molar-refractivity contribution in [3.63, 3.8) is 0 Å². The smallest absolute Gasteiger partial charge is 0.277 e. The largest absolute Gasteiger partial charge is 0.489 e. The van der Waals surface area contributed by atoms with Gasteiger partial charge in [0.25, 0.3) is 5.91 Å². The van der Waals surface area contributed by atoms with E-state index in [9.17, 15) is 4.79 Å². The molecule has 33 heavy (non-hydrogen) atoms. The molecule has 0 saturated heterocycles. The van der Waals surface area contributed by atoms with Crippen molar-refractivity contribution in [2.45, 2.75) is 6.61 Å². The lowest BCUT2D eigenvalue weighted by atomic mass is 10.1. The maximum atomic E-state index is 12.1. The number of nitrogens with zero attached hydrogens (tertiary/aromatic N) is 1. The van der Waals surface area contributed by atoms with Crippen molar-refractivity contribution < 1.29 is 14.3 Å². The Hall–Kier alpha value is -3.35. The maximum absolute atomic E-state index is 12.1. The molecule has 4 aromatic carbocycles. The third kappa shape index (κ3) is 6.34. The minimum absolute atomic E-state index is 0.154. The number of hydrogen-bond acceptors (Lipinski definition) is 4. The Kier molecular flexibility index (Phi) is 7.60. The van der Waals surface area contributed by atoms with Crippen LogP contribution in [0.3, 0.4) is 0 Å². The van der Waals surface area contributed by atoms with E-state index in [2.05, 4.69) is 26.5 Å². The Balaban J connectivity index is 1.28. The fraction of sp³-hybridized carbons (Fsp3) is 0.0769. The summed E-state index contributed by atoms with van der Waals surface area (Å²) in [7, 11) is 0. The first-order chi connectivity index (χ1) is 16.1. The average molecular weight is 524 g/mol. The van der Waals surface area contributed by atoms with E-state index in [1.165, 1.54) is 0 Å². The molecule has 7 heteroatoms. The van der Waals surface area contributed by atoms with Crippen molar-refractivity contribution in [1.82, 2.24) is 5.43 Å². The van der Waals surface area contributed by atoms with E-state index in [0.29, 0.717) is 23.1 Å². The predicted molar refractivity (Wildman–Crippen MR) is 135 cm³/mol. The number of rotatable bonds is 8. The van der Waals surface area contributed by atoms with Gasteiger partial charge in [0.15, 0.2) is 6.61 Å². The number of hydrazone groups is 1. The van der Waals surface area contributed by atoms with E-state index in [1.807, 2.05) is 84.9 Å². The summed E-state index contributed by atoms with van der Waals surface area (Å²) >= 11 is 9.45. The summed E-state index contributed by atoms with van der Waals surface area (Å²) in [6.45, 7) is 0.273. The van der Waals surface area contributed by atoms with Gasteiger partial charge in [0.1, 0.15) is 18.1 Å². The van der Waals surface area contributed by atoms with Crippen LogP contribution in [0.15, 0.2) is 94.5 Å². The fourth-order valence-electron chi connectivity index (χ4n) is 3.11. The van der Waals surface area contributed by atoms with Crippen LogP contribution in [0.1, 0.15) is 11.1 Å². The highest BCUT2D eigenvalue weighted by atomic mass is 79.9. The highest BCUT2D eigenvalue weighted by Gasteiger charge is 2.08. The molecule has 0 radical (unpaired) electrons. The summed E-state index contributed by atoms with van der Waals surface area (Å²) in [4.78, 5) is 12.1. The number of ether oxygens (including phenoxy) is 2. The molecular weight excluding hydrogens is 504 g/mol. The molecule has 0 aliphatic rings. The molecule has 0 aliphatic heterocycles. The minimum Gasteiger partial charge on any atom is -0.489 e. The Morgan fingerprint density at radius 1 is 0.970 bits per heavy atom. The van der Waals surface area contributed by atoms with Gasteiger partial charge in [0, 0.05) is 5.02 Å². The Morgan fingerprint density at radius 3 is 2.64 bits per heavy atom. The van der Waals surface area contributed by atoms with Gasteiger partial charge in [-0.25, -0.2) is 5.43 Å². The van der Waals surface area contributed by atoms with Gasteiger partial charge in [-0.2, -0.15) is 5.10 Å². The van der Waals surface area contributed by atoms with Crippen molar-refractivity contribution in [2.24, 2.45) is 5.10 Å². The molecule has 0 heterocycles. The third-order valence-corrected chi connectivity index (χ3v) is 5.84. The number of fused-ring (bicyclic) bond motifs is 1. The SMILES string of the molecule is O=C(COc1ccc2ccccc2c1Br)N/N=C/c1cccc(OCc2ccc(Cl)cc2)c1. The average Bonchev–Trinajstić information content (AvgIpc) is 2.84. The summed E-state index contributed by atoms with van der Waals surface area (Å²) in [6.07, 6.45) is 1.55. The number of benzene rings is 4. The summed E-state index contributed by atoms with van der Waals surface area (Å²) in [5.74, 6) is 0.935. The maximum Gasteiger partial charge on any atom is 0.277 e. The molecule has 0 unspecified atom stereocenters. The summed E-state index contributed by atoms with van der Waals surface area (Å²) in [5, 5.41) is 6.81. The van der Waals surface area contributed by atoms with Gasteiger partial charge < -0.3 is 9.47 Å². The molecule has 0 aliphatic carbocycles. The molecule has 0 atom stereocenters. The van der Waals surface area contributed by atoms with E-state index in [1.54, 1.807) is 6.21 Å². The summed E-state index contributed by atoms with van der Waals surface area (Å²) < 4.78 is 12.3. The quantitative estimate of drug-likeness (QED) is 0.216. The number of hydrogen-bond donors (Lipinski definition) is 1. The van der Waals surface area contributed by atoms with E-state index in [-0.39, 0.29) is 12.5 Å². The molecule has 0 fully saturated rings. The second-order valence-electron chi connectivity index (χ2n) is 7.17. The molecule has 1 N–H and O–H groups in total. The number of carbonyl (C=O) groups excluding carboxylic acids is 1. The number of amides is 1. The Bertz CT molecular complexity index is 1290. The van der Waals surface area contributed by atoms with Gasteiger partial charge in [-0.3, -0.25) is 4.79 Å². The fourth-order valence-corrected chi connectivity index (χ4v) is 3.85. The van der Waals surface area contributed by atoms with E-state index in [0.717, 1.165) is 26.4 Å². The molecule has 166 valence electrons. The molecule has 4 rings (SSSR count). The first-order valence-corrected chi connectivity index (χ1v) is 11.3. The van der Waals surface area contributed by atoms with Gasteiger partial charge in [-0.1, -0.05) is 66.2 Å². The van der Waals surface area contributed by atoms with Gasteiger partial charge in [-0.05, 0) is 68.2 Å².